The van der Waals surface area contributed by atoms with Gasteiger partial charge in [-0.3, -0.25) is 9.59 Å². The second-order valence-corrected chi connectivity index (χ2v) is 7.54. The first-order chi connectivity index (χ1) is 14.7. The van der Waals surface area contributed by atoms with Crippen molar-refractivity contribution in [2.24, 2.45) is 0 Å². The Morgan fingerprint density at radius 2 is 2.00 bits per heavy atom. The third-order valence-electron chi connectivity index (χ3n) is 5.64. The number of hydrogen-bond acceptors (Lipinski definition) is 5. The van der Waals surface area contributed by atoms with E-state index in [9.17, 15) is 9.59 Å². The normalized spacial score (nSPS) is 17.3. The smallest absolute Gasteiger partial charge is 0.306 e. The number of esters is 1. The van der Waals surface area contributed by atoms with Crippen LogP contribution in [0.2, 0.25) is 0 Å². The highest BCUT2D eigenvalue weighted by molar-refractivity contribution is 5.87. The zero-order valence-electron chi connectivity index (χ0n) is 16.4. The number of nitrogens with zero attached hydrogens (tertiary/aromatic N) is 1. The van der Waals surface area contributed by atoms with Gasteiger partial charge in [0.1, 0.15) is 0 Å². The molecule has 5 rings (SSSR count). The van der Waals surface area contributed by atoms with E-state index in [4.69, 9.17) is 14.2 Å². The van der Waals surface area contributed by atoms with Gasteiger partial charge in [-0.2, -0.15) is 0 Å². The summed E-state index contributed by atoms with van der Waals surface area (Å²) in [5.74, 6) is 0.870. The van der Waals surface area contributed by atoms with Gasteiger partial charge in [-0.1, -0.05) is 30.3 Å². The van der Waals surface area contributed by atoms with Crippen LogP contribution >= 0.6 is 0 Å². The molecule has 0 spiro atoms. The lowest BCUT2D eigenvalue weighted by Gasteiger charge is -2.25. The Bertz CT molecular complexity index is 1110. The van der Waals surface area contributed by atoms with Crippen molar-refractivity contribution in [1.29, 1.82) is 0 Å². The molecule has 1 aromatic heterocycles. The molecule has 0 radical (unpaired) electrons. The Hall–Kier alpha value is -3.48. The number of para-hydroxylation sites is 2. The number of ether oxygens (including phenoxy) is 3. The summed E-state index contributed by atoms with van der Waals surface area (Å²) in [5.41, 5.74) is 3.09. The lowest BCUT2D eigenvalue weighted by Crippen LogP contribution is -2.40. The Morgan fingerprint density at radius 3 is 2.87 bits per heavy atom. The molecule has 0 saturated carbocycles. The number of rotatable bonds is 6. The van der Waals surface area contributed by atoms with Crippen LogP contribution in [0.5, 0.6) is 11.5 Å². The van der Waals surface area contributed by atoms with E-state index < -0.39 is 6.10 Å². The summed E-state index contributed by atoms with van der Waals surface area (Å²) in [6.45, 7) is 1.04. The summed E-state index contributed by atoms with van der Waals surface area (Å²) in [6, 6.07) is 13.8. The van der Waals surface area contributed by atoms with Gasteiger partial charge < -0.3 is 24.1 Å². The molecule has 1 amide bonds. The van der Waals surface area contributed by atoms with Crippen LogP contribution in [-0.4, -0.2) is 41.2 Å². The molecule has 154 valence electrons. The molecule has 30 heavy (non-hydrogen) atoms. The van der Waals surface area contributed by atoms with Crippen molar-refractivity contribution in [1.82, 2.24) is 9.88 Å². The van der Waals surface area contributed by atoms with Crippen LogP contribution in [0.25, 0.3) is 10.9 Å². The minimum absolute atomic E-state index is 0.169. The van der Waals surface area contributed by atoms with E-state index in [1.165, 1.54) is 0 Å². The van der Waals surface area contributed by atoms with Gasteiger partial charge >= 0.3 is 5.97 Å². The summed E-state index contributed by atoms with van der Waals surface area (Å²) in [7, 11) is 0. The highest BCUT2D eigenvalue weighted by Crippen LogP contribution is 2.36. The molecule has 1 N–H and O–H groups in total. The first-order valence-corrected chi connectivity index (χ1v) is 10.1. The second kappa shape index (κ2) is 7.74. The van der Waals surface area contributed by atoms with E-state index >= 15 is 0 Å². The summed E-state index contributed by atoms with van der Waals surface area (Å²) in [5, 5.41) is 1.15. The van der Waals surface area contributed by atoms with Gasteiger partial charge in [0, 0.05) is 48.6 Å². The van der Waals surface area contributed by atoms with Crippen molar-refractivity contribution in [3.63, 3.8) is 0 Å². The fourth-order valence-corrected chi connectivity index (χ4v) is 4.08. The molecule has 0 bridgehead atoms. The zero-order chi connectivity index (χ0) is 20.5. The first-order valence-electron chi connectivity index (χ1n) is 10.1. The third-order valence-corrected chi connectivity index (χ3v) is 5.64. The highest BCUT2D eigenvalue weighted by atomic mass is 16.7. The van der Waals surface area contributed by atoms with Gasteiger partial charge in [0.15, 0.2) is 17.6 Å². The number of amides is 1. The van der Waals surface area contributed by atoms with Crippen molar-refractivity contribution in [3.8, 4) is 11.5 Å². The quantitative estimate of drug-likeness (QED) is 0.636. The zero-order valence-corrected chi connectivity index (χ0v) is 16.4. The topological polar surface area (TPSA) is 80.9 Å². The Labute approximate surface area is 173 Å². The van der Waals surface area contributed by atoms with Crippen molar-refractivity contribution >= 4 is 22.8 Å². The van der Waals surface area contributed by atoms with Crippen LogP contribution in [0.3, 0.4) is 0 Å². The van der Waals surface area contributed by atoms with Gasteiger partial charge in [0.05, 0.1) is 0 Å². The molecule has 0 unspecified atom stereocenters. The number of carbonyl (C=O) groups excluding carboxylic acids is 2. The predicted octanol–water partition coefficient (Wildman–Crippen LogP) is 3.17. The third kappa shape index (κ3) is 3.47. The number of hydrogen-bond donors (Lipinski definition) is 1. The summed E-state index contributed by atoms with van der Waals surface area (Å²) in [4.78, 5) is 29.8. The van der Waals surface area contributed by atoms with Crippen molar-refractivity contribution in [3.05, 3.63) is 59.8 Å². The minimum Gasteiger partial charge on any atom is -0.454 e. The standard InChI is InChI=1S/C23H22N2O5/c26-21-9-8-20(30-21)23(27)25(13-16-4-3-7-19-22(16)29-14-28-19)11-10-15-12-24-18-6-2-1-5-17(15)18/h1-7,12,20,24H,8-11,13-14H2/t20-/m1/s1. The predicted molar refractivity (Wildman–Crippen MR) is 109 cm³/mol. The second-order valence-electron chi connectivity index (χ2n) is 7.54. The molecule has 2 aliphatic rings. The van der Waals surface area contributed by atoms with E-state index in [0.717, 1.165) is 22.0 Å². The molecule has 3 aromatic rings. The van der Waals surface area contributed by atoms with Crippen molar-refractivity contribution in [2.75, 3.05) is 13.3 Å². The molecular weight excluding hydrogens is 384 g/mol. The molecule has 0 aliphatic carbocycles. The van der Waals surface area contributed by atoms with Gasteiger partial charge in [-0.15, -0.1) is 0 Å². The molecule has 1 fully saturated rings. The van der Waals surface area contributed by atoms with Gasteiger partial charge in [0.25, 0.3) is 5.91 Å². The molecule has 2 aliphatic heterocycles. The fraction of sp³-hybridized carbons (Fsp3) is 0.304. The minimum atomic E-state index is -0.714. The van der Waals surface area contributed by atoms with Crippen LogP contribution in [0.4, 0.5) is 0 Å². The largest absolute Gasteiger partial charge is 0.454 e. The molecule has 7 heteroatoms. The maximum atomic E-state index is 13.2. The highest BCUT2D eigenvalue weighted by Gasteiger charge is 2.33. The lowest BCUT2D eigenvalue weighted by atomic mass is 10.1. The van der Waals surface area contributed by atoms with E-state index in [2.05, 4.69) is 11.1 Å². The number of benzene rings is 2. The maximum absolute atomic E-state index is 13.2. The van der Waals surface area contributed by atoms with Crippen LogP contribution < -0.4 is 9.47 Å². The van der Waals surface area contributed by atoms with E-state index in [-0.39, 0.29) is 25.1 Å². The van der Waals surface area contributed by atoms with E-state index in [1.54, 1.807) is 4.90 Å². The van der Waals surface area contributed by atoms with Gasteiger partial charge in [0.2, 0.25) is 6.79 Å². The molecule has 1 saturated heterocycles. The number of H-pyrrole nitrogens is 1. The molecule has 3 heterocycles. The average Bonchev–Trinajstić information content (AvgIpc) is 3.50. The SMILES string of the molecule is O=C1CC[C@H](C(=O)N(CCc2c[nH]c3ccccc23)Cc2cccc3c2OCO3)O1. The van der Waals surface area contributed by atoms with E-state index in [1.807, 2.05) is 42.6 Å². The fourth-order valence-electron chi connectivity index (χ4n) is 4.08. The summed E-state index contributed by atoms with van der Waals surface area (Å²) < 4.78 is 16.3. The molecule has 2 aromatic carbocycles. The maximum Gasteiger partial charge on any atom is 0.306 e. The van der Waals surface area contributed by atoms with Crippen molar-refractivity contribution in [2.45, 2.75) is 31.9 Å². The van der Waals surface area contributed by atoms with Crippen LogP contribution in [0.15, 0.2) is 48.7 Å². The lowest BCUT2D eigenvalue weighted by molar-refractivity contribution is -0.153. The number of carbonyl (C=O) groups is 2. The Balaban J connectivity index is 1.39. The summed E-state index contributed by atoms with van der Waals surface area (Å²) >= 11 is 0. The number of cyclic esters (lactones) is 1. The van der Waals surface area contributed by atoms with E-state index in [0.29, 0.717) is 37.4 Å². The average molecular weight is 406 g/mol. The summed E-state index contributed by atoms with van der Waals surface area (Å²) in [6.07, 6.45) is 2.66. The number of fused-ring (bicyclic) bond motifs is 2. The molecule has 1 atom stereocenters. The Morgan fingerprint density at radius 1 is 1.10 bits per heavy atom. The number of aromatic nitrogens is 1. The van der Waals surface area contributed by atoms with Gasteiger partial charge in [-0.25, -0.2) is 0 Å². The van der Waals surface area contributed by atoms with Crippen LogP contribution in [0, 0.1) is 0 Å². The Kier molecular flexibility index (Phi) is 4.78. The van der Waals surface area contributed by atoms with Crippen LogP contribution in [0.1, 0.15) is 24.0 Å². The van der Waals surface area contributed by atoms with Crippen molar-refractivity contribution < 1.29 is 23.8 Å². The molecule has 7 nitrogen and oxygen atoms in total. The van der Waals surface area contributed by atoms with Crippen LogP contribution in [-0.2, 0) is 27.3 Å². The molecular formula is C23H22N2O5. The first kappa shape index (κ1) is 18.5. The monoisotopic (exact) mass is 406 g/mol. The number of aromatic amines is 1. The number of nitrogens with one attached hydrogen (secondary N) is 1. The van der Waals surface area contributed by atoms with Gasteiger partial charge in [-0.05, 0) is 24.1 Å².